The number of hydrogen-bond donors (Lipinski definition) is 3. The lowest BCUT2D eigenvalue weighted by molar-refractivity contribution is 0.183. The first-order valence-electron chi connectivity index (χ1n) is 6.51. The smallest absolute Gasteiger partial charge is 0.226 e. The van der Waals surface area contributed by atoms with Gasteiger partial charge in [-0.15, -0.1) is 0 Å². The van der Waals surface area contributed by atoms with Crippen LogP contribution >= 0.6 is 0 Å². The molecule has 3 rings (SSSR count). The summed E-state index contributed by atoms with van der Waals surface area (Å²) in [5.41, 5.74) is 0.733. The van der Waals surface area contributed by atoms with Crippen molar-refractivity contribution in [3.8, 4) is 0 Å². The lowest BCUT2D eigenvalue weighted by Gasteiger charge is -2.20. The lowest BCUT2D eigenvalue weighted by atomic mass is 10.0. The highest BCUT2D eigenvalue weighted by molar-refractivity contribution is 5.87. The predicted molar refractivity (Wildman–Crippen MR) is 73.2 cm³/mol. The van der Waals surface area contributed by atoms with Crippen LogP contribution in [-0.4, -0.2) is 46.5 Å². The molecule has 0 spiro atoms. The van der Waals surface area contributed by atoms with Gasteiger partial charge in [-0.1, -0.05) is 0 Å². The van der Waals surface area contributed by atoms with Gasteiger partial charge in [0.1, 0.15) is 5.82 Å². The van der Waals surface area contributed by atoms with Crippen molar-refractivity contribution in [3.05, 3.63) is 6.20 Å². The third-order valence-corrected chi connectivity index (χ3v) is 3.57. The van der Waals surface area contributed by atoms with Crippen molar-refractivity contribution in [2.24, 2.45) is 5.92 Å². The van der Waals surface area contributed by atoms with Crippen molar-refractivity contribution in [3.63, 3.8) is 0 Å². The van der Waals surface area contributed by atoms with Crippen LogP contribution in [0.15, 0.2) is 6.20 Å². The maximum absolute atomic E-state index is 5.43. The molecule has 7 nitrogen and oxygen atoms in total. The van der Waals surface area contributed by atoms with Gasteiger partial charge in [-0.25, -0.2) is 0 Å². The molecule has 2 aromatic heterocycles. The van der Waals surface area contributed by atoms with Crippen LogP contribution in [0.4, 0.5) is 11.8 Å². The Bertz CT molecular complexity index is 562. The van der Waals surface area contributed by atoms with E-state index in [9.17, 15) is 0 Å². The number of rotatable bonds is 4. The quantitative estimate of drug-likeness (QED) is 0.768. The van der Waals surface area contributed by atoms with Gasteiger partial charge in [-0.3, -0.25) is 5.10 Å². The highest BCUT2D eigenvalue weighted by Crippen LogP contribution is 2.24. The molecule has 1 fully saturated rings. The van der Waals surface area contributed by atoms with Crippen molar-refractivity contribution >= 4 is 22.8 Å². The molecule has 0 aliphatic carbocycles. The average molecular weight is 262 g/mol. The normalized spacial score (nSPS) is 20.6. The summed E-state index contributed by atoms with van der Waals surface area (Å²) in [6.45, 7) is 3.82. The SMILES string of the molecule is CNc1nc(NC(C)C2CCOC2)c2cn[nH]c2n1. The van der Waals surface area contributed by atoms with E-state index in [1.807, 2.05) is 0 Å². The molecule has 7 heteroatoms. The van der Waals surface area contributed by atoms with Gasteiger partial charge in [0.05, 0.1) is 18.2 Å². The number of H-pyrrole nitrogens is 1. The Morgan fingerprint density at radius 3 is 3.11 bits per heavy atom. The second kappa shape index (κ2) is 5.00. The molecule has 19 heavy (non-hydrogen) atoms. The van der Waals surface area contributed by atoms with Gasteiger partial charge < -0.3 is 15.4 Å². The van der Waals surface area contributed by atoms with Crippen LogP contribution in [0.1, 0.15) is 13.3 Å². The first-order valence-corrected chi connectivity index (χ1v) is 6.51. The number of anilines is 2. The zero-order chi connectivity index (χ0) is 13.2. The van der Waals surface area contributed by atoms with E-state index in [1.165, 1.54) is 0 Å². The van der Waals surface area contributed by atoms with Crippen molar-refractivity contribution in [2.75, 3.05) is 30.9 Å². The molecular formula is C12H18N6O. The maximum atomic E-state index is 5.43. The van der Waals surface area contributed by atoms with E-state index in [2.05, 4.69) is 37.7 Å². The van der Waals surface area contributed by atoms with Gasteiger partial charge in [0.25, 0.3) is 0 Å². The minimum Gasteiger partial charge on any atom is -0.381 e. The largest absolute Gasteiger partial charge is 0.381 e. The van der Waals surface area contributed by atoms with E-state index < -0.39 is 0 Å². The zero-order valence-corrected chi connectivity index (χ0v) is 11.1. The van der Waals surface area contributed by atoms with Gasteiger partial charge >= 0.3 is 0 Å². The topological polar surface area (TPSA) is 87.8 Å². The molecule has 1 aliphatic heterocycles. The number of fused-ring (bicyclic) bond motifs is 1. The molecule has 0 saturated carbocycles. The van der Waals surface area contributed by atoms with Crippen LogP contribution in [0.3, 0.4) is 0 Å². The third kappa shape index (κ3) is 2.33. The molecule has 3 N–H and O–H groups in total. The van der Waals surface area contributed by atoms with Crippen LogP contribution in [-0.2, 0) is 4.74 Å². The molecule has 102 valence electrons. The number of aromatic amines is 1. The Balaban J connectivity index is 1.88. The van der Waals surface area contributed by atoms with Gasteiger partial charge in [0.15, 0.2) is 5.65 Å². The summed E-state index contributed by atoms with van der Waals surface area (Å²) < 4.78 is 5.43. The van der Waals surface area contributed by atoms with Crippen molar-refractivity contribution < 1.29 is 4.74 Å². The minimum absolute atomic E-state index is 0.306. The van der Waals surface area contributed by atoms with Crippen molar-refractivity contribution in [1.29, 1.82) is 0 Å². The molecule has 0 bridgehead atoms. The maximum Gasteiger partial charge on any atom is 0.226 e. The fraction of sp³-hybridized carbons (Fsp3) is 0.583. The summed E-state index contributed by atoms with van der Waals surface area (Å²) in [6.07, 6.45) is 2.83. The Morgan fingerprint density at radius 2 is 2.37 bits per heavy atom. The van der Waals surface area contributed by atoms with E-state index in [1.54, 1.807) is 13.2 Å². The zero-order valence-electron chi connectivity index (χ0n) is 11.1. The van der Waals surface area contributed by atoms with E-state index in [0.717, 1.165) is 36.5 Å². The van der Waals surface area contributed by atoms with Gasteiger partial charge in [-0.2, -0.15) is 15.1 Å². The molecule has 2 unspecified atom stereocenters. The Kier molecular flexibility index (Phi) is 3.20. The van der Waals surface area contributed by atoms with Gasteiger partial charge in [0, 0.05) is 25.6 Å². The predicted octanol–water partition coefficient (Wildman–Crippen LogP) is 1.23. The fourth-order valence-corrected chi connectivity index (χ4v) is 2.34. The van der Waals surface area contributed by atoms with Gasteiger partial charge in [0.2, 0.25) is 5.95 Å². The third-order valence-electron chi connectivity index (χ3n) is 3.57. The van der Waals surface area contributed by atoms with E-state index in [4.69, 9.17) is 4.74 Å². The summed E-state index contributed by atoms with van der Waals surface area (Å²) in [5.74, 6) is 1.91. The Morgan fingerprint density at radius 1 is 1.47 bits per heavy atom. The standard InChI is InChI=1S/C12H18N6O/c1-7(8-3-4-19-6-8)15-10-9-5-14-18-11(9)17-12(13-2)16-10/h5,7-8H,3-4,6H2,1-2H3,(H3,13,14,15,16,17,18). The number of aromatic nitrogens is 4. The second-order valence-corrected chi connectivity index (χ2v) is 4.83. The molecular weight excluding hydrogens is 244 g/mol. The van der Waals surface area contributed by atoms with Crippen LogP contribution in [0.5, 0.6) is 0 Å². The van der Waals surface area contributed by atoms with Gasteiger partial charge in [-0.05, 0) is 13.3 Å². The summed E-state index contributed by atoms with van der Waals surface area (Å²) in [5, 5.41) is 14.2. The van der Waals surface area contributed by atoms with Crippen molar-refractivity contribution in [1.82, 2.24) is 20.2 Å². The molecule has 3 heterocycles. The van der Waals surface area contributed by atoms with Crippen LogP contribution in [0.2, 0.25) is 0 Å². The van der Waals surface area contributed by atoms with E-state index in [-0.39, 0.29) is 0 Å². The van der Waals surface area contributed by atoms with E-state index in [0.29, 0.717) is 17.9 Å². The number of nitrogens with one attached hydrogen (secondary N) is 3. The summed E-state index contributed by atoms with van der Waals surface area (Å²) in [6, 6.07) is 0.306. The molecule has 2 atom stereocenters. The van der Waals surface area contributed by atoms with Crippen LogP contribution in [0.25, 0.3) is 11.0 Å². The highest BCUT2D eigenvalue weighted by Gasteiger charge is 2.23. The Hall–Kier alpha value is -1.89. The fourth-order valence-electron chi connectivity index (χ4n) is 2.34. The van der Waals surface area contributed by atoms with Crippen LogP contribution in [0, 0.1) is 5.92 Å². The minimum atomic E-state index is 0.306. The number of hydrogen-bond acceptors (Lipinski definition) is 6. The number of nitrogens with zero attached hydrogens (tertiary/aromatic N) is 3. The van der Waals surface area contributed by atoms with E-state index >= 15 is 0 Å². The first kappa shape index (κ1) is 12.2. The summed E-state index contributed by atoms with van der Waals surface area (Å²) in [7, 11) is 1.80. The summed E-state index contributed by atoms with van der Waals surface area (Å²) in [4.78, 5) is 8.78. The second-order valence-electron chi connectivity index (χ2n) is 4.83. The first-order chi connectivity index (χ1) is 9.28. The summed E-state index contributed by atoms with van der Waals surface area (Å²) >= 11 is 0. The molecule has 0 aromatic carbocycles. The van der Waals surface area contributed by atoms with Crippen LogP contribution < -0.4 is 10.6 Å². The average Bonchev–Trinajstić information content (AvgIpc) is 3.09. The Labute approximate surface area is 111 Å². The molecule has 1 aliphatic rings. The lowest BCUT2D eigenvalue weighted by Crippen LogP contribution is -2.26. The van der Waals surface area contributed by atoms with Crippen molar-refractivity contribution in [2.45, 2.75) is 19.4 Å². The molecule has 0 amide bonds. The molecule has 0 radical (unpaired) electrons. The number of ether oxygens (including phenoxy) is 1. The molecule has 2 aromatic rings. The highest BCUT2D eigenvalue weighted by atomic mass is 16.5. The monoisotopic (exact) mass is 262 g/mol. The molecule has 1 saturated heterocycles.